The largest absolute Gasteiger partial charge is 0.324 e. The highest BCUT2D eigenvalue weighted by Crippen LogP contribution is 2.25. The van der Waals surface area contributed by atoms with Gasteiger partial charge in [-0.05, 0) is 93.4 Å². The van der Waals surface area contributed by atoms with E-state index in [0.717, 1.165) is 57.7 Å². The predicted octanol–water partition coefficient (Wildman–Crippen LogP) is 5.02. The molecule has 0 saturated carbocycles. The smallest absolute Gasteiger partial charge is 0.321 e. The van der Waals surface area contributed by atoms with E-state index in [1.165, 1.54) is 18.4 Å². The van der Waals surface area contributed by atoms with Crippen molar-refractivity contribution in [1.29, 1.82) is 0 Å². The lowest BCUT2D eigenvalue weighted by Crippen LogP contribution is -2.36. The van der Waals surface area contributed by atoms with Gasteiger partial charge in [0.25, 0.3) is 0 Å². The summed E-state index contributed by atoms with van der Waals surface area (Å²) in [7, 11) is 0. The summed E-state index contributed by atoms with van der Waals surface area (Å²) in [5.74, 6) is 1.15. The van der Waals surface area contributed by atoms with Gasteiger partial charge < -0.3 is 15.1 Å². The first kappa shape index (κ1) is 20.9. The van der Waals surface area contributed by atoms with Crippen LogP contribution in [-0.4, -0.2) is 48.6 Å². The Labute approximate surface area is 179 Å². The zero-order valence-electron chi connectivity index (χ0n) is 17.6. The highest BCUT2D eigenvalue weighted by atomic mass is 19.1. The third kappa shape index (κ3) is 5.82. The molecule has 4 nitrogen and oxygen atoms in total. The Morgan fingerprint density at radius 3 is 2.37 bits per heavy atom. The molecule has 1 atom stereocenters. The summed E-state index contributed by atoms with van der Waals surface area (Å²) in [6.45, 7) is 5.14. The number of benzene rings is 2. The molecule has 2 heterocycles. The standard InChI is InChI=1S/C25H32FN3O/c26-23-8-6-20(7-9-23)18-21-10-14-28(15-11-21)16-12-22-13-17-29(19-22)25(30)27-24-4-2-1-3-5-24/h1-9,21-22H,10-19H2,(H,27,30). The van der Waals surface area contributed by atoms with Crippen LogP contribution in [0.1, 0.15) is 31.2 Å². The van der Waals surface area contributed by atoms with Crippen LogP contribution in [0.4, 0.5) is 14.9 Å². The van der Waals surface area contributed by atoms with Gasteiger partial charge in [-0.1, -0.05) is 30.3 Å². The topological polar surface area (TPSA) is 35.6 Å². The van der Waals surface area contributed by atoms with Crippen LogP contribution >= 0.6 is 0 Å². The molecule has 2 saturated heterocycles. The number of anilines is 1. The van der Waals surface area contributed by atoms with E-state index in [-0.39, 0.29) is 11.8 Å². The average Bonchev–Trinajstić information content (AvgIpc) is 3.25. The Morgan fingerprint density at radius 2 is 1.63 bits per heavy atom. The maximum atomic E-state index is 13.1. The number of hydrogen-bond donors (Lipinski definition) is 1. The van der Waals surface area contributed by atoms with Crippen LogP contribution in [0.2, 0.25) is 0 Å². The van der Waals surface area contributed by atoms with Crippen LogP contribution in [0.5, 0.6) is 0 Å². The number of carbonyl (C=O) groups is 1. The molecule has 30 heavy (non-hydrogen) atoms. The molecule has 4 rings (SSSR count). The van der Waals surface area contributed by atoms with Gasteiger partial charge in [0, 0.05) is 18.8 Å². The monoisotopic (exact) mass is 409 g/mol. The molecule has 1 unspecified atom stereocenters. The van der Waals surface area contributed by atoms with Crippen LogP contribution < -0.4 is 5.32 Å². The molecular weight excluding hydrogens is 377 g/mol. The molecular formula is C25H32FN3O. The molecule has 160 valence electrons. The van der Waals surface area contributed by atoms with E-state index in [9.17, 15) is 9.18 Å². The van der Waals surface area contributed by atoms with Crippen LogP contribution in [0, 0.1) is 17.7 Å². The van der Waals surface area contributed by atoms with Crippen molar-refractivity contribution in [2.24, 2.45) is 11.8 Å². The molecule has 0 radical (unpaired) electrons. The van der Waals surface area contributed by atoms with Crippen molar-refractivity contribution in [2.75, 3.05) is 38.0 Å². The summed E-state index contributed by atoms with van der Waals surface area (Å²) in [5.41, 5.74) is 2.10. The van der Waals surface area contributed by atoms with E-state index in [0.29, 0.717) is 11.8 Å². The number of carbonyl (C=O) groups excluding carboxylic acids is 1. The summed E-state index contributed by atoms with van der Waals surface area (Å²) < 4.78 is 13.1. The van der Waals surface area contributed by atoms with Crippen LogP contribution in [-0.2, 0) is 6.42 Å². The second-order valence-electron chi connectivity index (χ2n) is 8.80. The molecule has 2 aliphatic heterocycles. The van der Waals surface area contributed by atoms with Gasteiger partial charge in [0.15, 0.2) is 0 Å². The highest BCUT2D eigenvalue weighted by Gasteiger charge is 2.27. The van der Waals surface area contributed by atoms with Gasteiger partial charge in [0.2, 0.25) is 0 Å². The minimum atomic E-state index is -0.156. The van der Waals surface area contributed by atoms with E-state index >= 15 is 0 Å². The van der Waals surface area contributed by atoms with E-state index in [1.54, 1.807) is 12.1 Å². The van der Waals surface area contributed by atoms with Crippen LogP contribution in [0.3, 0.4) is 0 Å². The number of rotatable bonds is 6. The summed E-state index contributed by atoms with van der Waals surface area (Å²) in [4.78, 5) is 17.0. The van der Waals surface area contributed by atoms with Crippen molar-refractivity contribution >= 4 is 11.7 Å². The first-order valence-electron chi connectivity index (χ1n) is 11.2. The van der Waals surface area contributed by atoms with Gasteiger partial charge in [-0.15, -0.1) is 0 Å². The van der Waals surface area contributed by atoms with Gasteiger partial charge >= 0.3 is 6.03 Å². The molecule has 1 N–H and O–H groups in total. The van der Waals surface area contributed by atoms with Gasteiger partial charge in [-0.25, -0.2) is 9.18 Å². The maximum Gasteiger partial charge on any atom is 0.321 e. The Bertz CT molecular complexity index is 803. The van der Waals surface area contributed by atoms with E-state index in [2.05, 4.69) is 10.2 Å². The SMILES string of the molecule is O=C(Nc1ccccc1)N1CCC(CCN2CCC(Cc3ccc(F)cc3)CC2)C1. The Morgan fingerprint density at radius 1 is 0.933 bits per heavy atom. The molecule has 2 aliphatic rings. The zero-order valence-corrected chi connectivity index (χ0v) is 17.6. The number of urea groups is 1. The average molecular weight is 410 g/mol. The molecule has 0 aromatic heterocycles. The van der Waals surface area contributed by atoms with Crippen molar-refractivity contribution in [3.8, 4) is 0 Å². The van der Waals surface area contributed by atoms with E-state index < -0.39 is 0 Å². The molecule has 2 amide bonds. The minimum absolute atomic E-state index is 0.0188. The quantitative estimate of drug-likeness (QED) is 0.727. The summed E-state index contributed by atoms with van der Waals surface area (Å²) in [6.07, 6.45) is 5.75. The Hall–Kier alpha value is -2.40. The zero-order chi connectivity index (χ0) is 20.8. The van der Waals surface area contributed by atoms with Crippen LogP contribution in [0.15, 0.2) is 54.6 Å². The van der Waals surface area contributed by atoms with Crippen molar-refractivity contribution in [2.45, 2.75) is 32.1 Å². The molecule has 0 bridgehead atoms. The predicted molar refractivity (Wildman–Crippen MR) is 119 cm³/mol. The summed E-state index contributed by atoms with van der Waals surface area (Å²) in [6, 6.07) is 16.7. The van der Waals surface area contributed by atoms with Crippen molar-refractivity contribution in [3.05, 3.63) is 66.0 Å². The number of piperidine rings is 1. The third-order valence-corrected chi connectivity index (χ3v) is 6.60. The molecule has 2 aromatic carbocycles. The fourth-order valence-corrected chi connectivity index (χ4v) is 4.71. The second kappa shape index (κ2) is 10.1. The lowest BCUT2D eigenvalue weighted by atomic mass is 9.90. The minimum Gasteiger partial charge on any atom is -0.324 e. The van der Waals surface area contributed by atoms with Crippen molar-refractivity contribution < 1.29 is 9.18 Å². The summed E-state index contributed by atoms with van der Waals surface area (Å²) >= 11 is 0. The number of nitrogens with one attached hydrogen (secondary N) is 1. The van der Waals surface area contributed by atoms with E-state index in [4.69, 9.17) is 0 Å². The molecule has 0 aliphatic carbocycles. The van der Waals surface area contributed by atoms with Gasteiger partial charge in [0.1, 0.15) is 5.82 Å². The molecule has 2 aromatic rings. The highest BCUT2D eigenvalue weighted by molar-refractivity contribution is 5.89. The van der Waals surface area contributed by atoms with E-state index in [1.807, 2.05) is 47.4 Å². The molecule has 5 heteroatoms. The van der Waals surface area contributed by atoms with Crippen molar-refractivity contribution in [1.82, 2.24) is 9.80 Å². The molecule has 2 fully saturated rings. The fourth-order valence-electron chi connectivity index (χ4n) is 4.71. The number of nitrogens with zero attached hydrogens (tertiary/aromatic N) is 2. The maximum absolute atomic E-state index is 13.1. The number of para-hydroxylation sites is 1. The number of hydrogen-bond acceptors (Lipinski definition) is 2. The third-order valence-electron chi connectivity index (χ3n) is 6.60. The summed E-state index contributed by atoms with van der Waals surface area (Å²) in [5, 5.41) is 2.99. The first-order valence-corrected chi connectivity index (χ1v) is 11.2. The number of halogens is 1. The number of amides is 2. The van der Waals surface area contributed by atoms with Gasteiger partial charge in [-0.3, -0.25) is 0 Å². The fraction of sp³-hybridized carbons (Fsp3) is 0.480. The first-order chi connectivity index (χ1) is 14.7. The Kier molecular flexibility index (Phi) is 7.00. The lowest BCUT2D eigenvalue weighted by Gasteiger charge is -2.32. The number of likely N-dealkylation sites (tertiary alicyclic amines) is 2. The van der Waals surface area contributed by atoms with Crippen molar-refractivity contribution in [3.63, 3.8) is 0 Å². The normalized spacial score (nSPS) is 20.4. The molecule has 0 spiro atoms. The Balaban J connectivity index is 1.14. The van der Waals surface area contributed by atoms with Gasteiger partial charge in [0.05, 0.1) is 0 Å². The van der Waals surface area contributed by atoms with Crippen LogP contribution in [0.25, 0.3) is 0 Å². The lowest BCUT2D eigenvalue weighted by molar-refractivity contribution is 0.173. The second-order valence-corrected chi connectivity index (χ2v) is 8.80. The van der Waals surface area contributed by atoms with Gasteiger partial charge in [-0.2, -0.15) is 0 Å².